The first-order valence-corrected chi connectivity index (χ1v) is 3.83. The van der Waals surface area contributed by atoms with E-state index < -0.39 is 0 Å². The SMILES string of the molecule is CCCC(C)[C](N)CC. The molecule has 0 aliphatic heterocycles. The summed E-state index contributed by atoms with van der Waals surface area (Å²) >= 11 is 0. The third-order valence-corrected chi connectivity index (χ3v) is 1.76. The lowest BCUT2D eigenvalue weighted by molar-refractivity contribution is 0.509. The maximum Gasteiger partial charge on any atom is 0.0362 e. The fourth-order valence-corrected chi connectivity index (χ4v) is 0.967. The molecule has 0 rings (SSSR count). The van der Waals surface area contributed by atoms with Crippen LogP contribution in [0.3, 0.4) is 0 Å². The monoisotopic (exact) mass is 128 g/mol. The maximum absolute atomic E-state index is 5.72. The fraction of sp³-hybridized carbons (Fsp3) is 0.875. The summed E-state index contributed by atoms with van der Waals surface area (Å²) in [5.41, 5.74) is 5.72. The second-order valence-corrected chi connectivity index (χ2v) is 2.62. The highest BCUT2D eigenvalue weighted by molar-refractivity contribution is 4.85. The molecule has 0 heterocycles. The zero-order valence-corrected chi connectivity index (χ0v) is 6.78. The Morgan fingerprint density at radius 3 is 2.33 bits per heavy atom. The maximum atomic E-state index is 5.72. The van der Waals surface area contributed by atoms with Crippen LogP contribution in [-0.2, 0) is 0 Å². The van der Waals surface area contributed by atoms with Crippen LogP contribution < -0.4 is 5.73 Å². The molecule has 0 aromatic carbocycles. The van der Waals surface area contributed by atoms with Gasteiger partial charge in [-0.25, -0.2) is 0 Å². The van der Waals surface area contributed by atoms with Gasteiger partial charge in [0.15, 0.2) is 0 Å². The standard InChI is InChI=1S/C8H18N/c1-4-6-7(3)8(9)5-2/h7H,4-6,9H2,1-3H3. The third-order valence-electron chi connectivity index (χ3n) is 1.76. The van der Waals surface area contributed by atoms with Crippen LogP contribution in [0, 0.1) is 12.0 Å². The van der Waals surface area contributed by atoms with Gasteiger partial charge < -0.3 is 5.73 Å². The average Bonchev–Trinajstić information content (AvgIpc) is 1.87. The Hall–Kier alpha value is -0.0400. The molecule has 9 heavy (non-hydrogen) atoms. The lowest BCUT2D eigenvalue weighted by Crippen LogP contribution is -2.17. The summed E-state index contributed by atoms with van der Waals surface area (Å²) < 4.78 is 0. The lowest BCUT2D eigenvalue weighted by atomic mass is 9.96. The van der Waals surface area contributed by atoms with E-state index in [1.165, 1.54) is 12.8 Å². The zero-order valence-electron chi connectivity index (χ0n) is 6.78. The van der Waals surface area contributed by atoms with E-state index in [4.69, 9.17) is 5.73 Å². The van der Waals surface area contributed by atoms with E-state index in [2.05, 4.69) is 20.8 Å². The normalized spacial score (nSPS) is 14.3. The van der Waals surface area contributed by atoms with Crippen LogP contribution in [0.15, 0.2) is 0 Å². The van der Waals surface area contributed by atoms with Crippen LogP contribution >= 0.6 is 0 Å². The molecule has 2 N–H and O–H groups in total. The van der Waals surface area contributed by atoms with Crippen LogP contribution in [0.5, 0.6) is 0 Å². The van der Waals surface area contributed by atoms with Crippen molar-refractivity contribution in [3.63, 3.8) is 0 Å². The Morgan fingerprint density at radius 1 is 1.44 bits per heavy atom. The predicted octanol–water partition coefficient (Wildman–Crippen LogP) is 2.32. The molecule has 0 aliphatic rings. The number of rotatable bonds is 4. The largest absolute Gasteiger partial charge is 0.323 e. The van der Waals surface area contributed by atoms with E-state index in [1.54, 1.807) is 0 Å². The highest BCUT2D eigenvalue weighted by Gasteiger charge is 2.08. The van der Waals surface area contributed by atoms with Gasteiger partial charge in [-0.3, -0.25) is 0 Å². The molecule has 0 bridgehead atoms. The van der Waals surface area contributed by atoms with Crippen LogP contribution in [0.1, 0.15) is 40.0 Å². The number of hydrogen-bond acceptors (Lipinski definition) is 1. The van der Waals surface area contributed by atoms with E-state index in [1.807, 2.05) is 0 Å². The van der Waals surface area contributed by atoms with Crippen molar-refractivity contribution in [2.45, 2.75) is 40.0 Å². The molecular weight excluding hydrogens is 110 g/mol. The summed E-state index contributed by atoms with van der Waals surface area (Å²) in [6.45, 7) is 6.50. The Balaban J connectivity index is 3.32. The molecule has 0 aromatic rings. The van der Waals surface area contributed by atoms with Crippen molar-refractivity contribution < 1.29 is 0 Å². The van der Waals surface area contributed by atoms with Crippen LogP contribution in [0.25, 0.3) is 0 Å². The molecule has 0 aromatic heterocycles. The van der Waals surface area contributed by atoms with Gasteiger partial charge in [0, 0.05) is 6.04 Å². The van der Waals surface area contributed by atoms with Crippen molar-refractivity contribution in [3.05, 3.63) is 6.04 Å². The summed E-state index contributed by atoms with van der Waals surface area (Å²) in [5, 5.41) is 0. The van der Waals surface area contributed by atoms with E-state index in [0.29, 0.717) is 5.92 Å². The minimum absolute atomic E-state index is 0.625. The van der Waals surface area contributed by atoms with Crippen LogP contribution in [0.2, 0.25) is 0 Å². The molecule has 1 atom stereocenters. The van der Waals surface area contributed by atoms with Gasteiger partial charge >= 0.3 is 0 Å². The lowest BCUT2D eigenvalue weighted by Gasteiger charge is -2.15. The Kier molecular flexibility index (Phi) is 4.78. The van der Waals surface area contributed by atoms with Crippen molar-refractivity contribution in [3.8, 4) is 0 Å². The zero-order chi connectivity index (χ0) is 7.28. The molecular formula is C8H18N. The molecule has 1 nitrogen and oxygen atoms in total. The van der Waals surface area contributed by atoms with E-state index >= 15 is 0 Å². The molecule has 0 amide bonds. The molecule has 0 saturated carbocycles. The summed E-state index contributed by atoms with van der Waals surface area (Å²) in [4.78, 5) is 0. The fourth-order valence-electron chi connectivity index (χ4n) is 0.967. The third kappa shape index (κ3) is 3.52. The van der Waals surface area contributed by atoms with Crippen molar-refractivity contribution in [1.82, 2.24) is 0 Å². The van der Waals surface area contributed by atoms with Gasteiger partial charge in [0.05, 0.1) is 0 Å². The predicted molar refractivity (Wildman–Crippen MR) is 41.8 cm³/mol. The first-order valence-electron chi connectivity index (χ1n) is 3.83. The van der Waals surface area contributed by atoms with Crippen molar-refractivity contribution in [2.75, 3.05) is 0 Å². The van der Waals surface area contributed by atoms with E-state index in [0.717, 1.165) is 12.5 Å². The van der Waals surface area contributed by atoms with E-state index in [9.17, 15) is 0 Å². The topological polar surface area (TPSA) is 26.0 Å². The van der Waals surface area contributed by atoms with Gasteiger partial charge in [-0.2, -0.15) is 0 Å². The van der Waals surface area contributed by atoms with E-state index in [-0.39, 0.29) is 0 Å². The van der Waals surface area contributed by atoms with Gasteiger partial charge in [0.2, 0.25) is 0 Å². The number of nitrogens with two attached hydrogens (primary N) is 1. The highest BCUT2D eigenvalue weighted by Crippen LogP contribution is 2.16. The molecule has 0 saturated heterocycles. The molecule has 0 fully saturated rings. The number of hydrogen-bond donors (Lipinski definition) is 1. The summed E-state index contributed by atoms with van der Waals surface area (Å²) in [6.07, 6.45) is 3.50. The molecule has 1 unspecified atom stereocenters. The Morgan fingerprint density at radius 2 is 2.00 bits per heavy atom. The minimum Gasteiger partial charge on any atom is -0.323 e. The average molecular weight is 128 g/mol. The Bertz CT molecular complexity index is 61.6. The first-order chi connectivity index (χ1) is 4.22. The first kappa shape index (κ1) is 8.96. The summed E-state index contributed by atoms with van der Waals surface area (Å²) in [7, 11) is 0. The summed E-state index contributed by atoms with van der Waals surface area (Å²) in [6, 6.07) is 1.15. The summed E-state index contributed by atoms with van der Waals surface area (Å²) in [5.74, 6) is 0.625. The van der Waals surface area contributed by atoms with Gasteiger partial charge in [-0.15, -0.1) is 0 Å². The van der Waals surface area contributed by atoms with Gasteiger partial charge in [-0.1, -0.05) is 27.2 Å². The minimum atomic E-state index is 0.625. The van der Waals surface area contributed by atoms with Crippen LogP contribution in [0.4, 0.5) is 0 Å². The molecule has 0 aliphatic carbocycles. The van der Waals surface area contributed by atoms with Gasteiger partial charge in [0.1, 0.15) is 0 Å². The molecule has 1 heteroatoms. The highest BCUT2D eigenvalue weighted by atomic mass is 14.6. The quantitative estimate of drug-likeness (QED) is 0.617. The van der Waals surface area contributed by atoms with Gasteiger partial charge in [0.25, 0.3) is 0 Å². The molecule has 1 radical (unpaired) electrons. The second kappa shape index (κ2) is 4.80. The second-order valence-electron chi connectivity index (χ2n) is 2.62. The molecule has 0 spiro atoms. The van der Waals surface area contributed by atoms with Gasteiger partial charge in [-0.05, 0) is 18.8 Å². The smallest absolute Gasteiger partial charge is 0.0362 e. The van der Waals surface area contributed by atoms with Crippen molar-refractivity contribution in [1.29, 1.82) is 0 Å². The van der Waals surface area contributed by atoms with Crippen molar-refractivity contribution >= 4 is 0 Å². The van der Waals surface area contributed by atoms with Crippen LogP contribution in [-0.4, -0.2) is 0 Å². The van der Waals surface area contributed by atoms with Crippen molar-refractivity contribution in [2.24, 2.45) is 11.7 Å². The Labute approximate surface area is 58.6 Å². The molecule has 55 valence electrons.